The molecule has 0 saturated heterocycles. The first-order valence-corrected chi connectivity index (χ1v) is 7.28. The van der Waals surface area contributed by atoms with E-state index in [0.29, 0.717) is 23.2 Å². The van der Waals surface area contributed by atoms with Crippen LogP contribution in [0.5, 0.6) is 0 Å². The molecule has 112 valence electrons. The Balaban J connectivity index is 4.50. The average molecular weight is 272 g/mol. The highest BCUT2D eigenvalue weighted by Gasteiger charge is 2.34. The highest BCUT2D eigenvalue weighted by Crippen LogP contribution is 2.16. The fourth-order valence-electron chi connectivity index (χ4n) is 2.30. The van der Waals surface area contributed by atoms with Crippen LogP contribution in [0.4, 0.5) is 0 Å². The Morgan fingerprint density at radius 3 is 2.26 bits per heavy atom. The fraction of sp³-hybridized carbons (Fsp3) is 0.800. The molecule has 1 unspecified atom stereocenters. The molecule has 0 radical (unpaired) electrons. The van der Waals surface area contributed by atoms with E-state index in [1.165, 1.54) is 0 Å². The highest BCUT2D eigenvalue weighted by molar-refractivity contribution is 5.72. The molecule has 0 aliphatic rings. The summed E-state index contributed by atoms with van der Waals surface area (Å²) in [7, 11) is 3.73. The van der Waals surface area contributed by atoms with Gasteiger partial charge in [0.15, 0.2) is 6.04 Å². The standard InChI is InChI=1S/C15H29NO3/c1-5-7-8-9-11-13(17)12-16(3,4)14(10-6-2)15(18)19/h11,14H,5-10,12H2,1-4H3,(H-,17,18,19)/p+1/b13-11-. The van der Waals surface area contributed by atoms with Gasteiger partial charge >= 0.3 is 5.97 Å². The maximum Gasteiger partial charge on any atom is 0.362 e. The van der Waals surface area contributed by atoms with Crippen LogP contribution in [-0.4, -0.2) is 47.3 Å². The first-order valence-electron chi connectivity index (χ1n) is 7.28. The Kier molecular flexibility index (Phi) is 8.48. The lowest BCUT2D eigenvalue weighted by Crippen LogP contribution is -2.53. The van der Waals surface area contributed by atoms with Crippen LogP contribution in [0.15, 0.2) is 11.8 Å². The SMILES string of the molecule is CCCCC/C=C(\O)C[N+](C)(C)C(CCC)C(=O)O. The van der Waals surface area contributed by atoms with Crippen molar-refractivity contribution in [2.75, 3.05) is 20.6 Å². The number of rotatable bonds is 10. The number of unbranched alkanes of at least 4 members (excludes halogenated alkanes) is 3. The van der Waals surface area contributed by atoms with Gasteiger partial charge < -0.3 is 14.7 Å². The Morgan fingerprint density at radius 1 is 1.16 bits per heavy atom. The third-order valence-electron chi connectivity index (χ3n) is 3.45. The van der Waals surface area contributed by atoms with Crippen molar-refractivity contribution in [2.24, 2.45) is 0 Å². The molecule has 0 heterocycles. The van der Waals surface area contributed by atoms with E-state index in [2.05, 4.69) is 6.92 Å². The Hall–Kier alpha value is -1.03. The third-order valence-corrected chi connectivity index (χ3v) is 3.45. The molecule has 0 aliphatic carbocycles. The second-order valence-electron chi connectivity index (χ2n) is 5.77. The van der Waals surface area contributed by atoms with E-state index >= 15 is 0 Å². The molecule has 0 amide bonds. The molecule has 0 aromatic heterocycles. The summed E-state index contributed by atoms with van der Waals surface area (Å²) in [5, 5.41) is 19.2. The van der Waals surface area contributed by atoms with Gasteiger partial charge in [0.1, 0.15) is 12.3 Å². The van der Waals surface area contributed by atoms with Crippen molar-refractivity contribution in [3.63, 3.8) is 0 Å². The molecule has 0 spiro atoms. The van der Waals surface area contributed by atoms with Gasteiger partial charge in [-0.1, -0.05) is 26.7 Å². The highest BCUT2D eigenvalue weighted by atomic mass is 16.4. The van der Waals surface area contributed by atoms with E-state index in [0.717, 1.165) is 32.1 Å². The Labute approximate surface area is 117 Å². The first-order chi connectivity index (χ1) is 8.85. The van der Waals surface area contributed by atoms with E-state index in [-0.39, 0.29) is 0 Å². The molecule has 0 aliphatic heterocycles. The van der Waals surface area contributed by atoms with Gasteiger partial charge in [-0.05, 0) is 25.3 Å². The topological polar surface area (TPSA) is 57.5 Å². The maximum absolute atomic E-state index is 11.3. The average Bonchev–Trinajstić information content (AvgIpc) is 2.30. The summed E-state index contributed by atoms with van der Waals surface area (Å²) in [6.07, 6.45) is 7.56. The number of quaternary nitrogens is 1. The van der Waals surface area contributed by atoms with Crippen LogP contribution in [0.3, 0.4) is 0 Å². The second kappa shape index (κ2) is 8.97. The summed E-state index contributed by atoms with van der Waals surface area (Å²) < 4.78 is 0.291. The molecule has 0 rings (SSSR count). The molecule has 0 bridgehead atoms. The van der Waals surface area contributed by atoms with E-state index in [9.17, 15) is 15.0 Å². The number of aliphatic hydroxyl groups excluding tert-OH is 1. The zero-order valence-corrected chi connectivity index (χ0v) is 12.9. The van der Waals surface area contributed by atoms with Crippen molar-refractivity contribution in [1.29, 1.82) is 0 Å². The summed E-state index contributed by atoms with van der Waals surface area (Å²) in [6, 6.07) is -0.462. The maximum atomic E-state index is 11.3. The molecular formula is C15H30NO3+. The predicted molar refractivity (Wildman–Crippen MR) is 78.2 cm³/mol. The van der Waals surface area contributed by atoms with Gasteiger partial charge in [0.25, 0.3) is 0 Å². The zero-order valence-electron chi connectivity index (χ0n) is 12.9. The van der Waals surface area contributed by atoms with Crippen molar-refractivity contribution in [1.82, 2.24) is 0 Å². The van der Waals surface area contributed by atoms with E-state index in [4.69, 9.17) is 0 Å². The summed E-state index contributed by atoms with van der Waals surface area (Å²) in [5.41, 5.74) is 0. The summed E-state index contributed by atoms with van der Waals surface area (Å²) in [5.74, 6) is -0.478. The molecule has 0 saturated carbocycles. The summed E-state index contributed by atoms with van der Waals surface area (Å²) >= 11 is 0. The first kappa shape index (κ1) is 18.0. The van der Waals surface area contributed by atoms with E-state index in [1.807, 2.05) is 27.1 Å². The third kappa shape index (κ3) is 7.21. The van der Waals surface area contributed by atoms with Crippen LogP contribution < -0.4 is 0 Å². The minimum Gasteiger partial charge on any atom is -0.507 e. The van der Waals surface area contributed by atoms with Gasteiger partial charge in [-0.2, -0.15) is 0 Å². The molecule has 1 atom stereocenters. The smallest absolute Gasteiger partial charge is 0.362 e. The largest absolute Gasteiger partial charge is 0.507 e. The fourth-order valence-corrected chi connectivity index (χ4v) is 2.30. The van der Waals surface area contributed by atoms with Crippen molar-refractivity contribution in [2.45, 2.75) is 58.4 Å². The van der Waals surface area contributed by atoms with Gasteiger partial charge in [0.05, 0.1) is 14.1 Å². The van der Waals surface area contributed by atoms with Crippen molar-refractivity contribution in [3.05, 3.63) is 11.8 Å². The van der Waals surface area contributed by atoms with E-state index < -0.39 is 12.0 Å². The number of carboxylic acid groups (broad SMARTS) is 1. The summed E-state index contributed by atoms with van der Waals surface area (Å²) in [6.45, 7) is 4.51. The monoisotopic (exact) mass is 272 g/mol. The Bertz CT molecular complexity index is 298. The molecule has 4 heteroatoms. The van der Waals surface area contributed by atoms with Gasteiger partial charge in [-0.15, -0.1) is 0 Å². The zero-order chi connectivity index (χ0) is 14.9. The normalized spacial score (nSPS) is 14.4. The van der Waals surface area contributed by atoms with Crippen molar-refractivity contribution in [3.8, 4) is 0 Å². The quantitative estimate of drug-likeness (QED) is 0.364. The second-order valence-corrected chi connectivity index (χ2v) is 5.77. The number of hydrogen-bond donors (Lipinski definition) is 2. The number of nitrogens with zero attached hydrogens (tertiary/aromatic N) is 1. The number of carbonyl (C=O) groups is 1. The Morgan fingerprint density at radius 2 is 1.79 bits per heavy atom. The van der Waals surface area contributed by atoms with E-state index in [1.54, 1.807) is 0 Å². The van der Waals surface area contributed by atoms with Gasteiger partial charge in [0, 0.05) is 6.42 Å². The van der Waals surface area contributed by atoms with Gasteiger partial charge in [0.2, 0.25) is 0 Å². The van der Waals surface area contributed by atoms with Crippen molar-refractivity contribution >= 4 is 5.97 Å². The van der Waals surface area contributed by atoms with Gasteiger partial charge in [-0.3, -0.25) is 0 Å². The summed E-state index contributed by atoms with van der Waals surface area (Å²) in [4.78, 5) is 11.3. The van der Waals surface area contributed by atoms with Crippen molar-refractivity contribution < 1.29 is 19.5 Å². The van der Waals surface area contributed by atoms with Crippen LogP contribution in [0.25, 0.3) is 0 Å². The molecular weight excluding hydrogens is 242 g/mol. The van der Waals surface area contributed by atoms with Crippen LogP contribution >= 0.6 is 0 Å². The number of allylic oxidation sites excluding steroid dienone is 1. The number of aliphatic carboxylic acids is 1. The lowest BCUT2D eigenvalue weighted by atomic mass is 10.1. The molecule has 2 N–H and O–H groups in total. The molecule has 19 heavy (non-hydrogen) atoms. The van der Waals surface area contributed by atoms with Crippen LogP contribution in [0, 0.1) is 0 Å². The number of likely N-dealkylation sites (N-methyl/N-ethyl adjacent to an activating group) is 1. The lowest BCUT2D eigenvalue weighted by Gasteiger charge is -2.35. The van der Waals surface area contributed by atoms with Crippen LogP contribution in [0.1, 0.15) is 52.4 Å². The minimum absolute atomic E-state index is 0.291. The number of carboxylic acids is 1. The predicted octanol–water partition coefficient (Wildman–Crippen LogP) is 3.34. The molecule has 0 fully saturated rings. The number of aliphatic hydroxyl groups is 1. The minimum atomic E-state index is -0.786. The molecule has 0 aromatic rings. The van der Waals surface area contributed by atoms with Crippen LogP contribution in [0.2, 0.25) is 0 Å². The van der Waals surface area contributed by atoms with Gasteiger partial charge in [-0.25, -0.2) is 4.79 Å². The lowest BCUT2D eigenvalue weighted by molar-refractivity contribution is -0.903. The number of hydrogen-bond acceptors (Lipinski definition) is 2. The van der Waals surface area contributed by atoms with Crippen LogP contribution in [-0.2, 0) is 4.79 Å². The molecule has 4 nitrogen and oxygen atoms in total. The molecule has 0 aromatic carbocycles.